The lowest BCUT2D eigenvalue weighted by Gasteiger charge is -2.37. The summed E-state index contributed by atoms with van der Waals surface area (Å²) in [5, 5.41) is 5.92. The largest absolute Gasteiger partial charge is 0.349 e. The zero-order valence-corrected chi connectivity index (χ0v) is 16.4. The van der Waals surface area contributed by atoms with Crippen molar-refractivity contribution < 1.29 is 4.79 Å². The Kier molecular flexibility index (Phi) is 6.43. The number of hydrazine groups is 1. The van der Waals surface area contributed by atoms with Crippen molar-refractivity contribution in [1.82, 2.24) is 10.3 Å². The monoisotopic (exact) mass is 411 g/mol. The normalized spacial score (nSPS) is 20.8. The summed E-state index contributed by atoms with van der Waals surface area (Å²) < 4.78 is 0. The number of amides is 1. The van der Waals surface area contributed by atoms with E-state index in [0.717, 1.165) is 17.5 Å². The second-order valence-corrected chi connectivity index (χ2v) is 7.56. The molecule has 2 atom stereocenters. The predicted octanol–water partition coefficient (Wildman–Crippen LogP) is 4.19. The molecule has 3 rings (SSSR count). The highest BCUT2D eigenvalue weighted by molar-refractivity contribution is 6.42. The molecule has 4 nitrogen and oxygen atoms in total. The number of hydrogen-bond acceptors (Lipinski definition) is 3. The number of hydrogen-bond donors (Lipinski definition) is 2. The fourth-order valence-electron chi connectivity index (χ4n) is 3.23. The van der Waals surface area contributed by atoms with Crippen LogP contribution < -0.4 is 11.2 Å². The minimum Gasteiger partial charge on any atom is -0.349 e. The molecular weight excluding hydrogens is 393 g/mol. The van der Waals surface area contributed by atoms with Crippen molar-refractivity contribution in [2.45, 2.75) is 24.3 Å². The number of halogens is 3. The summed E-state index contributed by atoms with van der Waals surface area (Å²) in [6, 6.07) is 12.8. The molecule has 2 unspecified atom stereocenters. The van der Waals surface area contributed by atoms with E-state index in [1.807, 2.05) is 24.3 Å². The second-order valence-electron chi connectivity index (χ2n) is 6.47. The topological polar surface area (TPSA) is 58.4 Å². The minimum absolute atomic E-state index is 0.0350. The Morgan fingerprint density at radius 3 is 2.54 bits per heavy atom. The van der Waals surface area contributed by atoms with Gasteiger partial charge in [0.25, 0.3) is 5.91 Å². The highest BCUT2D eigenvalue weighted by atomic mass is 35.5. The predicted molar refractivity (Wildman–Crippen MR) is 107 cm³/mol. The maximum absolute atomic E-state index is 12.7. The van der Waals surface area contributed by atoms with E-state index in [-0.39, 0.29) is 17.9 Å². The molecule has 1 fully saturated rings. The number of rotatable bonds is 4. The van der Waals surface area contributed by atoms with Crippen LogP contribution in [0.15, 0.2) is 42.5 Å². The van der Waals surface area contributed by atoms with Crippen molar-refractivity contribution in [2.24, 2.45) is 5.84 Å². The van der Waals surface area contributed by atoms with Gasteiger partial charge in [0.1, 0.15) is 0 Å². The molecule has 7 heteroatoms. The van der Waals surface area contributed by atoms with Gasteiger partial charge in [0.15, 0.2) is 0 Å². The Morgan fingerprint density at radius 1 is 1.15 bits per heavy atom. The van der Waals surface area contributed by atoms with Gasteiger partial charge in [-0.2, -0.15) is 0 Å². The molecule has 3 N–H and O–H groups in total. The first-order valence-corrected chi connectivity index (χ1v) is 9.67. The summed E-state index contributed by atoms with van der Waals surface area (Å²) in [7, 11) is 0. The van der Waals surface area contributed by atoms with Gasteiger partial charge in [-0.25, -0.2) is 5.01 Å². The summed E-state index contributed by atoms with van der Waals surface area (Å²) >= 11 is 18.0. The van der Waals surface area contributed by atoms with Gasteiger partial charge in [-0.1, -0.05) is 41.4 Å². The molecule has 1 aliphatic heterocycles. The van der Waals surface area contributed by atoms with E-state index in [9.17, 15) is 4.79 Å². The van der Waals surface area contributed by atoms with Crippen LogP contribution in [-0.2, 0) is 5.88 Å². The van der Waals surface area contributed by atoms with E-state index < -0.39 is 0 Å². The molecule has 138 valence electrons. The number of nitrogens with zero attached hydrogens (tertiary/aromatic N) is 1. The van der Waals surface area contributed by atoms with Gasteiger partial charge < -0.3 is 5.32 Å². The van der Waals surface area contributed by atoms with E-state index in [4.69, 9.17) is 40.6 Å². The van der Waals surface area contributed by atoms with Crippen LogP contribution in [-0.4, -0.2) is 30.0 Å². The average Bonchev–Trinajstić information content (AvgIpc) is 2.65. The molecule has 26 heavy (non-hydrogen) atoms. The molecule has 0 spiro atoms. The highest BCUT2D eigenvalue weighted by Gasteiger charge is 2.31. The number of carbonyl (C=O) groups is 1. The lowest BCUT2D eigenvalue weighted by atomic mass is 9.86. The van der Waals surface area contributed by atoms with Crippen molar-refractivity contribution in [3.05, 3.63) is 69.2 Å². The zero-order chi connectivity index (χ0) is 18.7. The van der Waals surface area contributed by atoms with Crippen LogP contribution in [0.2, 0.25) is 10.0 Å². The molecule has 1 amide bonds. The number of piperidine rings is 1. The van der Waals surface area contributed by atoms with E-state index in [1.54, 1.807) is 23.2 Å². The average molecular weight is 413 g/mol. The summed E-state index contributed by atoms with van der Waals surface area (Å²) in [5.74, 6) is 6.37. The molecule has 0 aliphatic carbocycles. The van der Waals surface area contributed by atoms with Crippen LogP contribution in [0.1, 0.15) is 33.8 Å². The number of carbonyl (C=O) groups excluding carboxylic acids is 1. The van der Waals surface area contributed by atoms with Crippen molar-refractivity contribution in [1.29, 1.82) is 0 Å². The fraction of sp³-hybridized carbons (Fsp3) is 0.316. The Bertz CT molecular complexity index is 782. The first-order valence-electron chi connectivity index (χ1n) is 8.38. The Hall–Kier alpha value is -1.30. The SMILES string of the molecule is NN1CCC(NC(=O)c2ccc(CCl)cc2)C(c2ccc(Cl)c(Cl)c2)C1. The molecule has 2 aromatic carbocycles. The highest BCUT2D eigenvalue weighted by Crippen LogP contribution is 2.31. The third kappa shape index (κ3) is 4.51. The van der Waals surface area contributed by atoms with Gasteiger partial charge in [-0.3, -0.25) is 10.6 Å². The Balaban J connectivity index is 1.78. The van der Waals surface area contributed by atoms with Crippen molar-refractivity contribution in [3.8, 4) is 0 Å². The third-order valence-electron chi connectivity index (χ3n) is 4.70. The fourth-order valence-corrected chi connectivity index (χ4v) is 3.71. The third-order valence-corrected chi connectivity index (χ3v) is 5.75. The van der Waals surface area contributed by atoms with E-state index in [0.29, 0.717) is 34.6 Å². The van der Waals surface area contributed by atoms with Gasteiger partial charge in [0.05, 0.1) is 10.0 Å². The summed E-state index contributed by atoms with van der Waals surface area (Å²) in [6.45, 7) is 1.35. The van der Waals surface area contributed by atoms with Crippen LogP contribution in [0.3, 0.4) is 0 Å². The maximum atomic E-state index is 12.7. The van der Waals surface area contributed by atoms with Gasteiger partial charge in [0.2, 0.25) is 0 Å². The van der Waals surface area contributed by atoms with Gasteiger partial charge in [-0.15, -0.1) is 11.6 Å². The molecular formula is C19H20Cl3N3O. The van der Waals surface area contributed by atoms with E-state index in [2.05, 4.69) is 5.32 Å². The lowest BCUT2D eigenvalue weighted by molar-refractivity contribution is 0.0895. The first kappa shape index (κ1) is 19.5. The van der Waals surface area contributed by atoms with E-state index >= 15 is 0 Å². The lowest BCUT2D eigenvalue weighted by Crippen LogP contribution is -2.51. The van der Waals surface area contributed by atoms with Crippen LogP contribution in [0.4, 0.5) is 0 Å². The van der Waals surface area contributed by atoms with E-state index in [1.165, 1.54) is 0 Å². The summed E-state index contributed by atoms with van der Waals surface area (Å²) in [6.07, 6.45) is 0.757. The Morgan fingerprint density at radius 2 is 1.88 bits per heavy atom. The molecule has 0 radical (unpaired) electrons. The second kappa shape index (κ2) is 8.59. The molecule has 0 bridgehead atoms. The van der Waals surface area contributed by atoms with Crippen LogP contribution in [0.25, 0.3) is 0 Å². The molecule has 0 saturated carbocycles. The number of benzene rings is 2. The van der Waals surface area contributed by atoms with Crippen LogP contribution in [0.5, 0.6) is 0 Å². The van der Waals surface area contributed by atoms with Crippen molar-refractivity contribution >= 4 is 40.7 Å². The minimum atomic E-state index is -0.105. The summed E-state index contributed by atoms with van der Waals surface area (Å²) in [4.78, 5) is 12.7. The number of nitrogens with one attached hydrogen (secondary N) is 1. The van der Waals surface area contributed by atoms with Gasteiger partial charge in [0, 0.05) is 36.5 Å². The zero-order valence-electron chi connectivity index (χ0n) is 14.1. The molecule has 1 aliphatic rings. The van der Waals surface area contributed by atoms with Gasteiger partial charge >= 0.3 is 0 Å². The smallest absolute Gasteiger partial charge is 0.251 e. The molecule has 0 aromatic heterocycles. The molecule has 2 aromatic rings. The summed E-state index contributed by atoms with van der Waals surface area (Å²) in [5.41, 5.74) is 2.60. The Labute approximate surface area is 168 Å². The van der Waals surface area contributed by atoms with Gasteiger partial charge in [-0.05, 0) is 41.8 Å². The number of nitrogens with two attached hydrogens (primary N) is 1. The molecule has 1 heterocycles. The quantitative estimate of drug-likeness (QED) is 0.584. The first-order chi connectivity index (χ1) is 12.5. The van der Waals surface area contributed by atoms with Crippen molar-refractivity contribution in [3.63, 3.8) is 0 Å². The van der Waals surface area contributed by atoms with Crippen LogP contribution in [0, 0.1) is 0 Å². The standard InChI is InChI=1S/C19H20Cl3N3O/c20-10-12-1-3-13(4-2-12)19(26)24-18-7-8-25(23)11-15(18)14-5-6-16(21)17(22)9-14/h1-6,9,15,18H,7-8,10-11,23H2,(H,24,26). The van der Waals surface area contributed by atoms with Crippen molar-refractivity contribution in [2.75, 3.05) is 13.1 Å². The maximum Gasteiger partial charge on any atom is 0.251 e. The van der Waals surface area contributed by atoms with Crippen LogP contribution >= 0.6 is 34.8 Å². The molecule has 1 saturated heterocycles. The number of alkyl halides is 1.